The number of Topliss-reactive ketones (excluding diaryl/α,β-unsaturated/α-hetero) is 3. The molecular formula is C53H93N7O26. The van der Waals surface area contributed by atoms with Crippen molar-refractivity contribution in [1.29, 1.82) is 0 Å². The summed E-state index contributed by atoms with van der Waals surface area (Å²) in [7, 11) is 0. The van der Waals surface area contributed by atoms with Gasteiger partial charge < -0.3 is 122 Å². The molecule has 0 spiro atoms. The molecule has 3 rings (SSSR count). The number of aliphatic hydroxyl groups excluding tert-OH is 12. The maximum atomic E-state index is 13.6. The third-order valence-corrected chi connectivity index (χ3v) is 14.4. The second-order valence-electron chi connectivity index (χ2n) is 21.4. The van der Waals surface area contributed by atoms with Gasteiger partial charge in [-0.15, -0.1) is 0 Å². The van der Waals surface area contributed by atoms with Gasteiger partial charge in [-0.05, 0) is 77.7 Å². The van der Waals surface area contributed by atoms with E-state index in [0.29, 0.717) is 45.1 Å². The number of ketones is 3. The van der Waals surface area contributed by atoms with E-state index >= 15 is 0 Å². The van der Waals surface area contributed by atoms with Crippen molar-refractivity contribution >= 4 is 46.9 Å². The Hall–Kier alpha value is -4.44. The molecule has 17 atom stereocenters. The van der Waals surface area contributed by atoms with Crippen molar-refractivity contribution in [2.45, 2.75) is 201 Å². The predicted octanol–water partition coefficient (Wildman–Crippen LogP) is -8.80. The lowest BCUT2D eigenvalue weighted by atomic mass is 9.99. The molecule has 33 heteroatoms. The SMILES string of the molecule is CC(=O)[C@H](CCCCN)NC(=O)CCCCC(=O)NCCCC[C@H](NC(=O)CNC(=O)CN(CC(=O)CCCO[C@@H]1O[C@H](CO)[C@@H](O)[C@H](O)[C@H]1O)CC(=O)NCCO[C@@H]1O[C@H](CO)[C@@H](O)[C@H](O)[C@H]1O)C(=O)CCCO[C@@H]1O[C@H](CO)[C@@H](O)[C@H](O)[C@H]1O. The predicted molar refractivity (Wildman–Crippen MR) is 293 cm³/mol. The van der Waals surface area contributed by atoms with E-state index in [2.05, 4.69) is 26.6 Å². The Morgan fingerprint density at radius 2 is 0.895 bits per heavy atom. The van der Waals surface area contributed by atoms with Crippen molar-refractivity contribution in [3.63, 3.8) is 0 Å². The van der Waals surface area contributed by atoms with Crippen LogP contribution in [-0.2, 0) is 66.8 Å². The lowest BCUT2D eigenvalue weighted by molar-refractivity contribution is -0.301. The van der Waals surface area contributed by atoms with E-state index in [4.69, 9.17) is 34.2 Å². The summed E-state index contributed by atoms with van der Waals surface area (Å²) in [6.45, 7) is -3.42. The number of rotatable bonds is 43. The molecule has 0 aromatic rings. The molecule has 3 fully saturated rings. The van der Waals surface area contributed by atoms with Crippen LogP contribution in [0.2, 0.25) is 0 Å². The van der Waals surface area contributed by atoms with Gasteiger partial charge in [-0.25, -0.2) is 0 Å². The smallest absolute Gasteiger partial charge is 0.239 e. The van der Waals surface area contributed by atoms with Crippen molar-refractivity contribution < 1.29 is 128 Å². The molecule has 3 saturated heterocycles. The minimum atomic E-state index is -1.72. The Kier molecular flexibility index (Phi) is 36.1. The molecule has 33 nitrogen and oxygen atoms in total. The van der Waals surface area contributed by atoms with Crippen LogP contribution in [0, 0.1) is 0 Å². The van der Waals surface area contributed by atoms with Gasteiger partial charge in [0.25, 0.3) is 0 Å². The summed E-state index contributed by atoms with van der Waals surface area (Å²) >= 11 is 0. The number of hydrogen-bond donors (Lipinski definition) is 18. The zero-order chi connectivity index (χ0) is 63.9. The summed E-state index contributed by atoms with van der Waals surface area (Å²) in [5, 5.41) is 133. The molecule has 0 aromatic heterocycles. The van der Waals surface area contributed by atoms with Crippen molar-refractivity contribution in [3.05, 3.63) is 0 Å². The van der Waals surface area contributed by atoms with Crippen LogP contribution < -0.4 is 32.3 Å². The number of nitrogens with two attached hydrogens (primary N) is 1. The van der Waals surface area contributed by atoms with Crippen LogP contribution in [0.15, 0.2) is 0 Å². The molecule has 496 valence electrons. The Bertz CT molecular complexity index is 2010. The highest BCUT2D eigenvalue weighted by Crippen LogP contribution is 2.25. The van der Waals surface area contributed by atoms with E-state index in [1.165, 1.54) is 6.92 Å². The first-order valence-electron chi connectivity index (χ1n) is 29.1. The molecule has 0 unspecified atom stereocenters. The Morgan fingerprint density at radius 1 is 0.453 bits per heavy atom. The van der Waals surface area contributed by atoms with E-state index in [-0.39, 0.29) is 95.5 Å². The summed E-state index contributed by atoms with van der Waals surface area (Å²) in [6.07, 6.45) is -20.0. The fourth-order valence-corrected chi connectivity index (χ4v) is 9.32. The normalized spacial score (nSPS) is 28.2. The maximum absolute atomic E-state index is 13.6. The highest BCUT2D eigenvalue weighted by atomic mass is 16.7. The summed E-state index contributed by atoms with van der Waals surface area (Å²) in [5.74, 6) is -4.14. The molecule has 3 aliphatic heterocycles. The number of aliphatic hydroxyl groups is 12. The van der Waals surface area contributed by atoms with Gasteiger partial charge in [0.1, 0.15) is 79.0 Å². The maximum Gasteiger partial charge on any atom is 0.239 e. The third kappa shape index (κ3) is 26.7. The summed E-state index contributed by atoms with van der Waals surface area (Å²) in [6, 6.07) is -1.74. The van der Waals surface area contributed by atoms with Gasteiger partial charge in [0.05, 0.1) is 77.9 Å². The van der Waals surface area contributed by atoms with Gasteiger partial charge in [-0.2, -0.15) is 0 Å². The van der Waals surface area contributed by atoms with Gasteiger partial charge >= 0.3 is 0 Å². The monoisotopic (exact) mass is 1240 g/mol. The van der Waals surface area contributed by atoms with Gasteiger partial charge in [0.2, 0.25) is 29.5 Å². The van der Waals surface area contributed by atoms with E-state index in [9.17, 15) is 99.6 Å². The second-order valence-corrected chi connectivity index (χ2v) is 21.4. The number of carbonyl (C=O) groups is 8. The zero-order valence-corrected chi connectivity index (χ0v) is 48.5. The summed E-state index contributed by atoms with van der Waals surface area (Å²) in [4.78, 5) is 105. The summed E-state index contributed by atoms with van der Waals surface area (Å²) < 4.78 is 32.3. The van der Waals surface area contributed by atoms with E-state index < -0.39 is 179 Å². The van der Waals surface area contributed by atoms with E-state index in [1.807, 2.05) is 0 Å². The number of unbranched alkanes of at least 4 members (excludes halogenated alkanes) is 3. The highest BCUT2D eigenvalue weighted by Gasteiger charge is 2.46. The largest absolute Gasteiger partial charge is 0.394 e. The van der Waals surface area contributed by atoms with E-state index in [1.54, 1.807) is 0 Å². The van der Waals surface area contributed by atoms with Crippen molar-refractivity contribution in [2.75, 3.05) is 85.5 Å². The molecule has 0 aliphatic carbocycles. The average Bonchev–Trinajstić information content (AvgIpc) is 3.69. The van der Waals surface area contributed by atoms with Crippen LogP contribution in [0.25, 0.3) is 0 Å². The molecule has 3 heterocycles. The van der Waals surface area contributed by atoms with Crippen molar-refractivity contribution in [1.82, 2.24) is 31.5 Å². The molecule has 3 aliphatic rings. The molecule has 0 aromatic carbocycles. The number of nitrogens with one attached hydrogen (secondary N) is 5. The molecule has 0 saturated carbocycles. The Balaban J connectivity index is 1.59. The van der Waals surface area contributed by atoms with Crippen LogP contribution in [0.4, 0.5) is 0 Å². The standard InChI is InChI=1S/C53H93N7O26/c1-29(64)31(11-4-6-16-54)58-38(68)15-3-2-14-37(67)55-17-7-5-12-32(33(66)13-9-20-82-52-49(79)46(76)43(73)35(27-62)85-52)59-39(69)22-57-41(71)25-60(23-30(65)10-8-19-81-51-48(78)45(75)42(72)34(26-61)84-51)24-40(70)56-18-21-83-53-50(80)47(77)44(74)36(28-63)86-53/h31-32,34-36,42-53,61-63,72-80H,2-28,54H2,1H3,(H,55,67)(H,56,70)(H,57,71)(H,58,68)(H,59,69)/t31-,32-,34+,35+,36+,42+,43+,44+,45-,46-,47-,48+,49+,50+,51+,52+,53+/m0/s1. The first kappa shape index (κ1) is 75.8. The first-order chi connectivity index (χ1) is 41.0. The van der Waals surface area contributed by atoms with Crippen LogP contribution in [0.5, 0.6) is 0 Å². The molecular weight excluding hydrogens is 1150 g/mol. The highest BCUT2D eigenvalue weighted by molar-refractivity contribution is 5.92. The Labute approximate surface area is 497 Å². The number of nitrogens with zero attached hydrogens (tertiary/aromatic N) is 1. The Morgan fingerprint density at radius 3 is 1.40 bits per heavy atom. The van der Waals surface area contributed by atoms with E-state index in [0.717, 1.165) is 11.3 Å². The lowest BCUT2D eigenvalue weighted by Gasteiger charge is -2.39. The van der Waals surface area contributed by atoms with Crippen LogP contribution in [-0.4, -0.2) is 303 Å². The van der Waals surface area contributed by atoms with Gasteiger partial charge in [0, 0.05) is 38.8 Å². The minimum absolute atomic E-state index is 0.000574. The van der Waals surface area contributed by atoms with Crippen LogP contribution in [0.3, 0.4) is 0 Å². The van der Waals surface area contributed by atoms with Crippen LogP contribution >= 0.6 is 0 Å². The number of ether oxygens (including phenoxy) is 6. The molecule has 0 radical (unpaired) electrons. The molecule has 5 amide bonds. The number of carbonyl (C=O) groups excluding carboxylic acids is 8. The fourth-order valence-electron chi connectivity index (χ4n) is 9.32. The first-order valence-corrected chi connectivity index (χ1v) is 29.1. The average molecular weight is 1240 g/mol. The number of hydrogen-bond acceptors (Lipinski definition) is 28. The topological polar surface area (TPSA) is 524 Å². The summed E-state index contributed by atoms with van der Waals surface area (Å²) in [5.41, 5.74) is 5.52. The molecule has 86 heavy (non-hydrogen) atoms. The quantitative estimate of drug-likeness (QED) is 0.0252. The van der Waals surface area contributed by atoms with Gasteiger partial charge in [-0.1, -0.05) is 0 Å². The number of amides is 5. The van der Waals surface area contributed by atoms with Gasteiger partial charge in [0.15, 0.2) is 30.4 Å². The zero-order valence-electron chi connectivity index (χ0n) is 48.5. The third-order valence-electron chi connectivity index (χ3n) is 14.4. The second kappa shape index (κ2) is 41.0. The fraction of sp³-hybridized carbons (Fsp3) is 0.849. The molecule has 19 N–H and O–H groups in total. The van der Waals surface area contributed by atoms with Crippen molar-refractivity contribution in [2.24, 2.45) is 5.73 Å². The molecule has 0 bridgehead atoms. The lowest BCUT2D eigenvalue weighted by Crippen LogP contribution is -2.59. The minimum Gasteiger partial charge on any atom is -0.394 e. The van der Waals surface area contributed by atoms with Gasteiger partial charge in [-0.3, -0.25) is 43.3 Å². The van der Waals surface area contributed by atoms with Crippen LogP contribution in [0.1, 0.15) is 96.8 Å². The van der Waals surface area contributed by atoms with Crippen molar-refractivity contribution in [3.8, 4) is 0 Å².